The minimum Gasteiger partial charge on any atom is -0.396 e. The average Bonchev–Trinajstić information content (AvgIpc) is 0.775. The second-order valence-corrected chi connectivity index (χ2v) is 26.6. The zero-order valence-electron chi connectivity index (χ0n) is 54.9. The van der Waals surface area contributed by atoms with Crippen molar-refractivity contribution in [2.45, 2.75) is 290 Å². The Labute approximate surface area is 584 Å². The van der Waals surface area contributed by atoms with Crippen molar-refractivity contribution < 1.29 is 224 Å². The van der Waals surface area contributed by atoms with Crippen LogP contribution in [0.15, 0.2) is 0 Å². The van der Waals surface area contributed by atoms with Crippen LogP contribution in [0.25, 0.3) is 0 Å². The van der Waals surface area contributed by atoms with Gasteiger partial charge in [0.05, 0.1) is 65.1 Å². The molecule has 28 N–H and O–H groups in total. The maximum atomic E-state index is 12.3. The molecule has 0 bridgehead atoms. The van der Waals surface area contributed by atoms with Crippen LogP contribution in [0.2, 0.25) is 0 Å². The number of hydrogen-bond donors (Lipinski definition) is 28. The SMILES string of the molecule is CCCO[C@@H]1OC(CO[C@H]2OC(CO[C@H]3OC(CO)[C@@H](O)[C@H](O)C3O[C@H]3OC(CO)[C@@H](O)[C@H](O)C3O)[C@@H](O)[C@H](O[C@H]3OC(CO)[C@@H](O)C(O)C3O[C@H]3OC(CO)[C@@H](O)C(O)C3O)C2O)C(O)[C@H](O[C@H]2CC(CO)[C@@H](O)C(O)C2O[C@H]2OC(CO)[C@@H](O)C(O)C2O[C@H]2OC(CO)[C@@H](O)C(O)C2O)C1O. The standard InChI is InChI=1S/C58H100O45/c1-2-3-87-51-43(85)46(90-15-4-14(5-59)24(66)36(78)45(15)99-57-49(38(80)29(71)20(10-64)95-57)102-54-41(83)34(76)26(68)17(7-61)92-54)31(73)22(97-51)12-88-52-44(86)47(100-58-50(39(81)30(72)21(11-65)96-58)103-55-42(84)35(77)27(69)18(8-62)93-55)32(74)23(98-52)13-89-56-48(37(79)28(70)19(9-63)94-56)101-53-40(82)33(75)25(67)16(6-60)91-53/h14-86H,2-13H2,1H3/t14?,15-,16?,17?,18?,19?,20?,21?,22?,23?,24+,25+,26+,27+,28+,29+,30+,31?,32+,33-,34?,35?,36?,37-,38?,39?,40?,41?,42?,43?,44?,45?,46-,47-,48?,49?,50?,51+,52-,53+,54+,55+,56-,57+,58+/m0/s1. The van der Waals surface area contributed by atoms with Gasteiger partial charge in [0.25, 0.3) is 0 Å². The molecule has 45 atom stereocenters. The Balaban J connectivity index is 1.01. The van der Waals surface area contributed by atoms with E-state index in [1.165, 1.54) is 0 Å². The lowest BCUT2D eigenvalue weighted by molar-refractivity contribution is -0.395. The monoisotopic (exact) mass is 1520 g/mol. The fourth-order valence-corrected chi connectivity index (χ4v) is 13.5. The molecule has 24 unspecified atom stereocenters. The van der Waals surface area contributed by atoms with Crippen molar-refractivity contribution in [3.63, 3.8) is 0 Å². The summed E-state index contributed by atoms with van der Waals surface area (Å²) in [6, 6.07) is 0. The van der Waals surface area contributed by atoms with Gasteiger partial charge in [-0.3, -0.25) is 0 Å². The highest BCUT2D eigenvalue weighted by molar-refractivity contribution is 5.03. The van der Waals surface area contributed by atoms with Crippen molar-refractivity contribution in [3.8, 4) is 0 Å². The van der Waals surface area contributed by atoms with Gasteiger partial charge >= 0.3 is 0 Å². The van der Waals surface area contributed by atoms with Crippen LogP contribution >= 0.6 is 0 Å². The summed E-state index contributed by atoms with van der Waals surface area (Å²) in [4.78, 5) is 0. The van der Waals surface area contributed by atoms with Crippen LogP contribution in [-0.4, -0.2) is 479 Å². The molecule has 103 heavy (non-hydrogen) atoms. The molecule has 602 valence electrons. The lowest BCUT2D eigenvalue weighted by Crippen LogP contribution is -2.68. The molecule has 0 amide bonds. The second-order valence-electron chi connectivity index (χ2n) is 26.6. The van der Waals surface area contributed by atoms with E-state index in [1.807, 2.05) is 0 Å². The molecule has 8 saturated heterocycles. The lowest BCUT2D eigenvalue weighted by atomic mass is 9.80. The van der Waals surface area contributed by atoms with Crippen LogP contribution < -0.4 is 0 Å². The zero-order chi connectivity index (χ0) is 75.5. The van der Waals surface area contributed by atoms with E-state index < -0.39 is 342 Å². The Kier molecular flexibility index (Phi) is 31.0. The van der Waals surface area contributed by atoms with E-state index in [2.05, 4.69) is 0 Å². The first kappa shape index (κ1) is 85.2. The van der Waals surface area contributed by atoms with Crippen LogP contribution in [0, 0.1) is 5.92 Å². The maximum Gasteiger partial charge on any atom is 0.187 e. The number of aliphatic hydroxyl groups excluding tert-OH is 28. The highest BCUT2D eigenvalue weighted by atomic mass is 16.8. The zero-order valence-corrected chi connectivity index (χ0v) is 54.9. The molecule has 9 aliphatic rings. The fraction of sp³-hybridized carbons (Fsp3) is 1.00. The van der Waals surface area contributed by atoms with E-state index in [1.54, 1.807) is 6.92 Å². The second kappa shape index (κ2) is 37.5. The summed E-state index contributed by atoms with van der Waals surface area (Å²) in [6.45, 7) is -7.50. The predicted molar refractivity (Wildman–Crippen MR) is 314 cm³/mol. The molecule has 0 aromatic heterocycles. The van der Waals surface area contributed by atoms with E-state index in [9.17, 15) is 143 Å². The number of ether oxygens (including phenoxy) is 17. The summed E-state index contributed by atoms with van der Waals surface area (Å²) in [5, 5.41) is 306. The molecule has 0 aromatic carbocycles. The van der Waals surface area contributed by atoms with Gasteiger partial charge in [-0.05, 0) is 12.8 Å². The Bertz CT molecular complexity index is 2510. The van der Waals surface area contributed by atoms with Crippen molar-refractivity contribution in [3.05, 3.63) is 0 Å². The molecule has 9 fully saturated rings. The molecule has 9 rings (SSSR count). The first-order chi connectivity index (χ1) is 48.9. The first-order valence-corrected chi connectivity index (χ1v) is 33.5. The van der Waals surface area contributed by atoms with Gasteiger partial charge in [-0.15, -0.1) is 0 Å². The molecular formula is C58H100O45. The molecule has 8 aliphatic heterocycles. The van der Waals surface area contributed by atoms with E-state index in [0.717, 1.165) is 0 Å². The quantitative estimate of drug-likeness (QED) is 0.0346. The highest BCUT2D eigenvalue weighted by Crippen LogP contribution is 2.40. The Morgan fingerprint density at radius 1 is 0.233 bits per heavy atom. The van der Waals surface area contributed by atoms with Crippen LogP contribution in [0.1, 0.15) is 19.8 Å². The van der Waals surface area contributed by atoms with Crippen LogP contribution in [0.4, 0.5) is 0 Å². The smallest absolute Gasteiger partial charge is 0.187 e. The van der Waals surface area contributed by atoms with Crippen molar-refractivity contribution in [1.29, 1.82) is 0 Å². The van der Waals surface area contributed by atoms with Crippen LogP contribution in [0.5, 0.6) is 0 Å². The molecule has 45 heteroatoms. The fourth-order valence-electron chi connectivity index (χ4n) is 13.5. The van der Waals surface area contributed by atoms with Crippen molar-refractivity contribution in [1.82, 2.24) is 0 Å². The van der Waals surface area contributed by atoms with E-state index >= 15 is 0 Å². The predicted octanol–water partition coefficient (Wildman–Crippen LogP) is -18.5. The minimum atomic E-state index is -2.39. The third kappa shape index (κ3) is 18.2. The normalized spacial score (nSPS) is 52.5. The summed E-state index contributed by atoms with van der Waals surface area (Å²) in [5.41, 5.74) is 0. The Hall–Kier alpha value is -1.80. The van der Waals surface area contributed by atoms with Crippen LogP contribution in [0.3, 0.4) is 0 Å². The molecule has 1 aliphatic carbocycles. The summed E-state index contributed by atoms with van der Waals surface area (Å²) in [5.74, 6) is -1.30. The molecule has 0 spiro atoms. The van der Waals surface area contributed by atoms with Crippen molar-refractivity contribution >= 4 is 0 Å². The van der Waals surface area contributed by atoms with Crippen LogP contribution in [-0.2, 0) is 80.5 Å². The van der Waals surface area contributed by atoms with Gasteiger partial charge in [-0.2, -0.15) is 0 Å². The largest absolute Gasteiger partial charge is 0.396 e. The third-order valence-corrected chi connectivity index (χ3v) is 19.7. The van der Waals surface area contributed by atoms with E-state index in [0.29, 0.717) is 0 Å². The minimum absolute atomic E-state index is 0.176. The molecule has 0 radical (unpaired) electrons. The highest BCUT2D eigenvalue weighted by Gasteiger charge is 2.60. The van der Waals surface area contributed by atoms with Gasteiger partial charge in [-0.25, -0.2) is 0 Å². The number of aliphatic hydroxyl groups is 28. The summed E-state index contributed by atoms with van der Waals surface area (Å²) < 4.78 is 99.6. The Morgan fingerprint density at radius 2 is 0.515 bits per heavy atom. The number of rotatable bonds is 28. The molecule has 8 heterocycles. The van der Waals surface area contributed by atoms with Crippen molar-refractivity contribution in [2.75, 3.05) is 66.1 Å². The van der Waals surface area contributed by atoms with Crippen molar-refractivity contribution in [2.24, 2.45) is 5.92 Å². The van der Waals surface area contributed by atoms with Gasteiger partial charge in [0.2, 0.25) is 0 Å². The molecule has 45 nitrogen and oxygen atoms in total. The Morgan fingerprint density at radius 3 is 0.874 bits per heavy atom. The van der Waals surface area contributed by atoms with Gasteiger partial charge in [0.15, 0.2) is 50.3 Å². The van der Waals surface area contributed by atoms with E-state index in [4.69, 9.17) is 80.5 Å². The summed E-state index contributed by atoms with van der Waals surface area (Å²) >= 11 is 0. The lowest BCUT2D eigenvalue weighted by Gasteiger charge is -2.50. The molecular weight excluding hydrogens is 1420 g/mol. The number of hydrogen-bond acceptors (Lipinski definition) is 45. The molecule has 1 saturated carbocycles. The van der Waals surface area contributed by atoms with Gasteiger partial charge in [0, 0.05) is 19.1 Å². The molecule has 0 aromatic rings. The topological polar surface area (TPSA) is 723 Å². The van der Waals surface area contributed by atoms with Gasteiger partial charge in [-0.1, -0.05) is 6.92 Å². The third-order valence-electron chi connectivity index (χ3n) is 19.7. The average molecular weight is 1520 g/mol. The van der Waals surface area contributed by atoms with Gasteiger partial charge < -0.3 is 224 Å². The van der Waals surface area contributed by atoms with Gasteiger partial charge in [0.1, 0.15) is 208 Å². The first-order valence-electron chi connectivity index (χ1n) is 33.5. The van der Waals surface area contributed by atoms with E-state index in [-0.39, 0.29) is 13.0 Å². The summed E-state index contributed by atoms with van der Waals surface area (Å²) in [7, 11) is 0. The maximum absolute atomic E-state index is 12.3. The summed E-state index contributed by atoms with van der Waals surface area (Å²) in [6.07, 6.45) is -89.2.